The van der Waals surface area contributed by atoms with Crippen LogP contribution in [0.2, 0.25) is 0 Å². The number of para-hydroxylation sites is 2. The van der Waals surface area contributed by atoms with Gasteiger partial charge >= 0.3 is 0 Å². The molecule has 2 atom stereocenters. The summed E-state index contributed by atoms with van der Waals surface area (Å²) in [4.78, 5) is 3.91. The third kappa shape index (κ3) is 5.61. The lowest BCUT2D eigenvalue weighted by molar-refractivity contribution is 0.597. The summed E-state index contributed by atoms with van der Waals surface area (Å²) in [5, 5.41) is 8.05. The quantitative estimate of drug-likeness (QED) is 0.164. The summed E-state index contributed by atoms with van der Waals surface area (Å²) in [6.45, 7) is 2.45. The van der Waals surface area contributed by atoms with Gasteiger partial charge in [0, 0.05) is 84.2 Å². The minimum Gasteiger partial charge on any atom is -0.313 e. The van der Waals surface area contributed by atoms with Crippen molar-refractivity contribution < 1.29 is 0 Å². The summed E-state index contributed by atoms with van der Waals surface area (Å²) in [6, 6.07) is 74.2. The Kier molecular flexibility index (Phi) is 8.49. The highest BCUT2D eigenvalue weighted by atomic mass is 32.2. The Morgan fingerprint density at radius 3 is 1.65 bits per heavy atom. The monoisotopic (exact) mass is 896 g/mol. The summed E-state index contributed by atoms with van der Waals surface area (Å²) >= 11 is 5.81. The number of anilines is 2. The summed E-state index contributed by atoms with van der Waals surface area (Å²) in [5.74, 6) is 0. The fraction of sp³-hybridized carbons (Fsp3) is 0.0492. The molecule has 1 aliphatic heterocycles. The molecule has 0 fully saturated rings. The maximum Gasteiger partial charge on any atom is 0.0630 e. The largest absolute Gasteiger partial charge is 0.313 e. The van der Waals surface area contributed by atoms with Crippen LogP contribution in [0.3, 0.4) is 0 Å². The number of aromatic nitrogens is 1. The van der Waals surface area contributed by atoms with E-state index in [-0.39, 0.29) is 10.7 Å². The van der Waals surface area contributed by atoms with Gasteiger partial charge in [-0.3, -0.25) is 0 Å². The molecule has 0 saturated heterocycles. The lowest BCUT2D eigenvalue weighted by Crippen LogP contribution is -2.37. The molecule has 4 heterocycles. The van der Waals surface area contributed by atoms with Crippen LogP contribution in [0.25, 0.3) is 90.1 Å². The molecule has 1 aliphatic carbocycles. The van der Waals surface area contributed by atoms with E-state index in [1.165, 1.54) is 106 Å². The van der Waals surface area contributed by atoms with Crippen molar-refractivity contribution in [2.45, 2.75) is 22.5 Å². The molecular formula is C61H40N2S3. The van der Waals surface area contributed by atoms with Crippen molar-refractivity contribution in [3.63, 3.8) is 0 Å². The molecular weight excluding hydrogens is 857 g/mol. The van der Waals surface area contributed by atoms with E-state index in [2.05, 4.69) is 235 Å². The first-order valence-corrected chi connectivity index (χ1v) is 25.1. The molecule has 2 nitrogen and oxygen atoms in total. The zero-order chi connectivity index (χ0) is 43.5. The number of nitrogens with zero attached hydrogens (tertiary/aromatic N) is 2. The number of rotatable bonds is 6. The van der Waals surface area contributed by atoms with Crippen molar-refractivity contribution in [2.75, 3.05) is 4.90 Å². The van der Waals surface area contributed by atoms with Gasteiger partial charge in [0.2, 0.25) is 0 Å². The number of benzene rings is 9. The smallest absolute Gasteiger partial charge is 0.0630 e. The first-order chi connectivity index (χ1) is 32.6. The van der Waals surface area contributed by atoms with Crippen LogP contribution in [0.15, 0.2) is 229 Å². The summed E-state index contributed by atoms with van der Waals surface area (Å²) < 4.78 is 7.77. The Labute approximate surface area is 395 Å². The molecule has 0 bridgehead atoms. The van der Waals surface area contributed by atoms with Crippen LogP contribution in [-0.4, -0.2) is 9.82 Å². The molecule has 3 aromatic heterocycles. The van der Waals surface area contributed by atoms with Crippen LogP contribution in [-0.2, 0) is 5.41 Å². The standard InChI is InChI=1S/C61H40N2S3/c1-61-37-13-24-53(60(61)66-59-50(61)35-36-52-56(59)49-18-5-8-23-51(49)63(52)40-14-3-2-4-15-40)62(41-31-27-38(28-32-41)43-19-11-21-47-45-16-6-9-25-54(45)64-57(43)47)42-33-29-39(30-34-42)44-20-12-22-48-46-17-7-10-26-55(46)65-58(44)48/h2-37,60H,1H3. The van der Waals surface area contributed by atoms with Gasteiger partial charge in [-0.05, 0) is 94.6 Å². The minimum atomic E-state index is -0.236. The topological polar surface area (TPSA) is 8.17 Å². The molecule has 66 heavy (non-hydrogen) atoms. The summed E-state index contributed by atoms with van der Waals surface area (Å²) in [5.41, 5.74) is 13.4. The van der Waals surface area contributed by atoms with E-state index in [0.29, 0.717) is 0 Å². The molecule has 312 valence electrons. The van der Waals surface area contributed by atoms with Crippen molar-refractivity contribution in [3.8, 4) is 27.9 Å². The lowest BCUT2D eigenvalue weighted by Gasteiger charge is -2.39. The second kappa shape index (κ2) is 14.7. The molecule has 14 rings (SSSR count). The van der Waals surface area contributed by atoms with Gasteiger partial charge < -0.3 is 9.47 Å². The normalized spacial score (nSPS) is 16.7. The maximum absolute atomic E-state index is 2.53. The third-order valence-electron chi connectivity index (χ3n) is 14.1. The van der Waals surface area contributed by atoms with Gasteiger partial charge in [0.15, 0.2) is 0 Å². The molecule has 9 aromatic carbocycles. The zero-order valence-electron chi connectivity index (χ0n) is 36.0. The fourth-order valence-corrected chi connectivity index (χ4v) is 15.2. The van der Waals surface area contributed by atoms with Crippen molar-refractivity contribution in [2.24, 2.45) is 0 Å². The number of allylic oxidation sites excluding steroid dienone is 3. The Hall–Kier alpha value is -7.15. The fourth-order valence-electron chi connectivity index (χ4n) is 11.0. The molecule has 0 saturated carbocycles. The van der Waals surface area contributed by atoms with Gasteiger partial charge in [-0.1, -0.05) is 159 Å². The van der Waals surface area contributed by atoms with E-state index < -0.39 is 0 Å². The molecule has 2 aliphatic rings. The number of hydrogen-bond acceptors (Lipinski definition) is 4. The highest BCUT2D eigenvalue weighted by Gasteiger charge is 2.48. The first-order valence-electron chi connectivity index (χ1n) is 22.6. The molecule has 5 heteroatoms. The van der Waals surface area contributed by atoms with Crippen LogP contribution in [0, 0.1) is 0 Å². The Balaban J connectivity index is 0.913. The predicted molar refractivity (Wildman–Crippen MR) is 287 cm³/mol. The molecule has 0 radical (unpaired) electrons. The Morgan fingerprint density at radius 1 is 0.485 bits per heavy atom. The molecule has 2 unspecified atom stereocenters. The van der Waals surface area contributed by atoms with E-state index >= 15 is 0 Å². The molecule has 0 amide bonds. The van der Waals surface area contributed by atoms with E-state index in [9.17, 15) is 0 Å². The highest BCUT2D eigenvalue weighted by molar-refractivity contribution is 8.00. The van der Waals surface area contributed by atoms with Gasteiger partial charge in [0.1, 0.15) is 0 Å². The maximum atomic E-state index is 2.53. The first kappa shape index (κ1) is 38.2. The number of thioether (sulfide) groups is 1. The van der Waals surface area contributed by atoms with Crippen molar-refractivity contribution in [1.29, 1.82) is 0 Å². The highest BCUT2D eigenvalue weighted by Crippen LogP contribution is 2.59. The lowest BCUT2D eigenvalue weighted by atomic mass is 9.75. The van der Waals surface area contributed by atoms with E-state index in [4.69, 9.17) is 0 Å². The van der Waals surface area contributed by atoms with E-state index in [1.807, 2.05) is 34.4 Å². The molecule has 0 N–H and O–H groups in total. The van der Waals surface area contributed by atoms with E-state index in [1.54, 1.807) is 0 Å². The van der Waals surface area contributed by atoms with Gasteiger partial charge in [-0.15, -0.1) is 34.4 Å². The molecule has 12 aromatic rings. The average Bonchev–Trinajstić information content (AvgIpc) is 4.12. The second-order valence-corrected chi connectivity index (χ2v) is 21.0. The van der Waals surface area contributed by atoms with Gasteiger partial charge in [-0.25, -0.2) is 0 Å². The van der Waals surface area contributed by atoms with Crippen LogP contribution in [0.4, 0.5) is 11.4 Å². The van der Waals surface area contributed by atoms with Crippen molar-refractivity contribution in [3.05, 3.63) is 230 Å². The molecule has 0 spiro atoms. The minimum absolute atomic E-state index is 0.126. The predicted octanol–water partition coefficient (Wildman–Crippen LogP) is 17.9. The van der Waals surface area contributed by atoms with Crippen molar-refractivity contribution >= 4 is 108 Å². The zero-order valence-corrected chi connectivity index (χ0v) is 38.4. The SMILES string of the molecule is CC12C=CC=C(N(c3ccc(-c4cccc5c4sc4ccccc45)cc3)c3ccc(-c4cccc5c4sc4ccccc45)cc3)C1Sc1c2ccc2c1c1ccccc1n2-c1ccccc1. The van der Waals surface area contributed by atoms with E-state index in [0.717, 1.165) is 11.4 Å². The van der Waals surface area contributed by atoms with Gasteiger partial charge in [0.05, 0.1) is 16.3 Å². The third-order valence-corrected chi connectivity index (χ3v) is 18.2. The van der Waals surface area contributed by atoms with Gasteiger partial charge in [-0.2, -0.15) is 0 Å². The van der Waals surface area contributed by atoms with Crippen molar-refractivity contribution in [1.82, 2.24) is 4.57 Å². The Bertz CT molecular complexity index is 3820. The number of thiophene rings is 2. The number of hydrogen-bond donors (Lipinski definition) is 0. The van der Waals surface area contributed by atoms with Crippen LogP contribution in [0.5, 0.6) is 0 Å². The van der Waals surface area contributed by atoms with Gasteiger partial charge in [0.25, 0.3) is 0 Å². The number of fused-ring (bicyclic) bond motifs is 13. The van der Waals surface area contributed by atoms with Crippen LogP contribution in [0.1, 0.15) is 12.5 Å². The average molecular weight is 897 g/mol. The van der Waals surface area contributed by atoms with Crippen LogP contribution < -0.4 is 4.90 Å². The summed E-state index contributed by atoms with van der Waals surface area (Å²) in [7, 11) is 0. The van der Waals surface area contributed by atoms with Crippen LogP contribution >= 0.6 is 34.4 Å². The summed E-state index contributed by atoms with van der Waals surface area (Å²) in [6.07, 6.45) is 7.12. The second-order valence-electron chi connectivity index (χ2n) is 17.7. The Morgan fingerprint density at radius 2 is 1.03 bits per heavy atom.